The zero-order chi connectivity index (χ0) is 9.19. The molecule has 72 valence electrons. The van der Waals surface area contributed by atoms with Crippen LogP contribution < -0.4 is 0 Å². The molecule has 0 saturated heterocycles. The van der Waals surface area contributed by atoms with Crippen LogP contribution in [0.25, 0.3) is 0 Å². The van der Waals surface area contributed by atoms with Gasteiger partial charge < -0.3 is 0 Å². The van der Waals surface area contributed by atoms with Crippen molar-refractivity contribution < 1.29 is 0 Å². The maximum atomic E-state index is 2.41. The molecule has 0 radical (unpaired) electrons. The molecule has 0 aromatic carbocycles. The lowest BCUT2D eigenvalue weighted by Crippen LogP contribution is -2.30. The molecule has 0 spiro atoms. The summed E-state index contributed by atoms with van der Waals surface area (Å²) < 4.78 is 0. The molecule has 0 N–H and O–H groups in total. The Bertz CT molecular complexity index is 129. The van der Waals surface area contributed by atoms with Crippen LogP contribution in [-0.2, 0) is 0 Å². The van der Waals surface area contributed by atoms with Crippen LogP contribution in [0, 0.1) is 17.3 Å². The highest BCUT2D eigenvalue weighted by Crippen LogP contribution is 2.42. The van der Waals surface area contributed by atoms with Crippen LogP contribution in [0.15, 0.2) is 0 Å². The number of rotatable bonds is 1. The molecule has 12 heavy (non-hydrogen) atoms. The highest BCUT2D eigenvalue weighted by atomic mass is 14.4. The van der Waals surface area contributed by atoms with Gasteiger partial charge in [0.1, 0.15) is 0 Å². The second-order valence-corrected chi connectivity index (χ2v) is 5.43. The lowest BCUT2D eigenvalue weighted by Gasteiger charge is -2.40. The molecular formula is C12H24. The van der Waals surface area contributed by atoms with Crippen LogP contribution in [0.3, 0.4) is 0 Å². The third-order valence-corrected chi connectivity index (χ3v) is 3.55. The van der Waals surface area contributed by atoms with E-state index in [4.69, 9.17) is 0 Å². The molecular weight excluding hydrogens is 144 g/mol. The zero-order valence-electron chi connectivity index (χ0n) is 9.19. The summed E-state index contributed by atoms with van der Waals surface area (Å²) in [5.41, 5.74) is 0.543. The van der Waals surface area contributed by atoms with Crippen molar-refractivity contribution in [2.24, 2.45) is 17.3 Å². The van der Waals surface area contributed by atoms with Gasteiger partial charge in [0, 0.05) is 0 Å². The van der Waals surface area contributed by atoms with Crippen LogP contribution in [0.5, 0.6) is 0 Å². The maximum absolute atomic E-state index is 2.41. The molecule has 0 nitrogen and oxygen atoms in total. The fourth-order valence-corrected chi connectivity index (χ4v) is 2.84. The molecule has 1 aliphatic carbocycles. The molecule has 0 amide bonds. The van der Waals surface area contributed by atoms with E-state index in [0.29, 0.717) is 5.41 Å². The Morgan fingerprint density at radius 2 is 1.67 bits per heavy atom. The largest absolute Gasteiger partial charge is 0.0651 e. The first kappa shape index (κ1) is 10.1. The van der Waals surface area contributed by atoms with Crippen LogP contribution in [-0.4, -0.2) is 0 Å². The van der Waals surface area contributed by atoms with E-state index < -0.39 is 0 Å². The molecule has 0 heteroatoms. The van der Waals surface area contributed by atoms with E-state index in [-0.39, 0.29) is 0 Å². The summed E-state index contributed by atoms with van der Waals surface area (Å²) in [5.74, 6) is 2.00. The minimum Gasteiger partial charge on any atom is -0.0651 e. The van der Waals surface area contributed by atoms with Crippen molar-refractivity contribution in [2.75, 3.05) is 0 Å². The van der Waals surface area contributed by atoms with Gasteiger partial charge in [-0.15, -0.1) is 0 Å². The van der Waals surface area contributed by atoms with Crippen molar-refractivity contribution in [3.8, 4) is 0 Å². The van der Waals surface area contributed by atoms with Gasteiger partial charge in [0.2, 0.25) is 0 Å². The highest BCUT2D eigenvalue weighted by Gasteiger charge is 2.32. The summed E-state index contributed by atoms with van der Waals surface area (Å²) in [6.45, 7) is 9.58. The van der Waals surface area contributed by atoms with Gasteiger partial charge in [-0.3, -0.25) is 0 Å². The van der Waals surface area contributed by atoms with E-state index in [0.717, 1.165) is 11.8 Å². The Balaban J connectivity index is 2.59. The summed E-state index contributed by atoms with van der Waals surface area (Å²) in [5, 5.41) is 0. The van der Waals surface area contributed by atoms with Crippen LogP contribution in [0.4, 0.5) is 0 Å². The summed E-state index contributed by atoms with van der Waals surface area (Å²) >= 11 is 0. The fraction of sp³-hybridized carbons (Fsp3) is 1.00. The third kappa shape index (κ3) is 2.24. The molecule has 0 aromatic heterocycles. The Kier molecular flexibility index (Phi) is 3.20. The first-order valence-corrected chi connectivity index (χ1v) is 5.55. The van der Waals surface area contributed by atoms with Crippen LogP contribution in [0.1, 0.15) is 59.8 Å². The Morgan fingerprint density at radius 3 is 2.08 bits per heavy atom. The normalized spacial score (nSPS) is 32.0. The first-order valence-electron chi connectivity index (χ1n) is 5.55. The van der Waals surface area contributed by atoms with Gasteiger partial charge in [-0.1, -0.05) is 53.4 Å². The van der Waals surface area contributed by atoms with Gasteiger partial charge in [0.05, 0.1) is 0 Å². The van der Waals surface area contributed by atoms with E-state index >= 15 is 0 Å². The Hall–Kier alpha value is 0. The molecule has 1 saturated carbocycles. The first-order chi connectivity index (χ1) is 5.55. The van der Waals surface area contributed by atoms with Gasteiger partial charge in [-0.2, -0.15) is 0 Å². The number of hydrogen-bond acceptors (Lipinski definition) is 0. The van der Waals surface area contributed by atoms with Gasteiger partial charge in [-0.05, 0) is 23.7 Å². The van der Waals surface area contributed by atoms with Gasteiger partial charge in [-0.25, -0.2) is 0 Å². The van der Waals surface area contributed by atoms with Crippen molar-refractivity contribution in [1.29, 1.82) is 0 Å². The Labute approximate surface area is 77.7 Å². The molecule has 0 aromatic rings. The predicted octanol–water partition coefficient (Wildman–Crippen LogP) is 4.25. The van der Waals surface area contributed by atoms with E-state index in [2.05, 4.69) is 27.7 Å². The maximum Gasteiger partial charge on any atom is -0.0337 e. The summed E-state index contributed by atoms with van der Waals surface area (Å²) in [4.78, 5) is 0. The van der Waals surface area contributed by atoms with Crippen LogP contribution in [0.2, 0.25) is 0 Å². The number of hydrogen-bond donors (Lipinski definition) is 0. The second-order valence-electron chi connectivity index (χ2n) is 5.43. The average molecular weight is 168 g/mol. The molecule has 0 aliphatic heterocycles. The minimum atomic E-state index is 0.543. The molecule has 2 unspecified atom stereocenters. The molecule has 1 fully saturated rings. The third-order valence-electron chi connectivity index (χ3n) is 3.55. The Morgan fingerprint density at radius 1 is 1.08 bits per heavy atom. The van der Waals surface area contributed by atoms with Crippen molar-refractivity contribution >= 4 is 0 Å². The average Bonchev–Trinajstić information content (AvgIpc) is 2.03. The van der Waals surface area contributed by atoms with Crippen molar-refractivity contribution in [1.82, 2.24) is 0 Å². The molecule has 0 bridgehead atoms. The predicted molar refractivity (Wildman–Crippen MR) is 55.2 cm³/mol. The van der Waals surface area contributed by atoms with E-state index in [1.807, 2.05) is 0 Å². The smallest absolute Gasteiger partial charge is 0.0337 e. The molecule has 0 heterocycles. The van der Waals surface area contributed by atoms with E-state index in [9.17, 15) is 0 Å². The second kappa shape index (κ2) is 3.81. The fourth-order valence-electron chi connectivity index (χ4n) is 2.84. The molecule has 1 aliphatic rings. The lowest BCUT2D eigenvalue weighted by atomic mass is 9.66. The van der Waals surface area contributed by atoms with Gasteiger partial charge >= 0.3 is 0 Å². The molecule has 2 atom stereocenters. The van der Waals surface area contributed by atoms with E-state index in [1.165, 1.54) is 32.1 Å². The van der Waals surface area contributed by atoms with Crippen molar-refractivity contribution in [3.05, 3.63) is 0 Å². The summed E-state index contributed by atoms with van der Waals surface area (Å²) in [6, 6.07) is 0. The highest BCUT2D eigenvalue weighted by molar-refractivity contribution is 4.82. The quantitative estimate of drug-likeness (QED) is 0.549. The lowest BCUT2D eigenvalue weighted by molar-refractivity contribution is 0.105. The van der Waals surface area contributed by atoms with E-state index in [1.54, 1.807) is 0 Å². The topological polar surface area (TPSA) is 0 Å². The van der Waals surface area contributed by atoms with Gasteiger partial charge in [0.15, 0.2) is 0 Å². The minimum absolute atomic E-state index is 0.543. The molecule has 1 rings (SSSR count). The van der Waals surface area contributed by atoms with Crippen molar-refractivity contribution in [3.63, 3.8) is 0 Å². The standard InChI is InChI=1S/C12H24/c1-5-10-8-6-7-9-11(10)12(2,3)4/h10-11H,5-9H2,1-4H3. The summed E-state index contributed by atoms with van der Waals surface area (Å²) in [7, 11) is 0. The zero-order valence-corrected chi connectivity index (χ0v) is 9.19. The van der Waals surface area contributed by atoms with Crippen LogP contribution >= 0.6 is 0 Å². The monoisotopic (exact) mass is 168 g/mol. The SMILES string of the molecule is CCC1CCCCC1C(C)(C)C. The van der Waals surface area contributed by atoms with Gasteiger partial charge in [0.25, 0.3) is 0 Å². The van der Waals surface area contributed by atoms with Crippen molar-refractivity contribution in [2.45, 2.75) is 59.8 Å². The summed E-state index contributed by atoms with van der Waals surface area (Å²) in [6.07, 6.45) is 7.30.